The van der Waals surface area contributed by atoms with Crippen molar-refractivity contribution in [3.8, 4) is 0 Å². The number of piperazine rings is 1. The van der Waals surface area contributed by atoms with E-state index in [0.29, 0.717) is 18.5 Å². The normalized spacial score (nSPS) is 14.3. The Labute approximate surface area is 223 Å². The summed E-state index contributed by atoms with van der Waals surface area (Å²) >= 11 is 0. The fraction of sp³-hybridized carbons (Fsp3) is 0.387. The summed E-state index contributed by atoms with van der Waals surface area (Å²) in [7, 11) is 0. The Balaban J connectivity index is 1.16. The lowest BCUT2D eigenvalue weighted by Crippen LogP contribution is -2.50. The van der Waals surface area contributed by atoms with E-state index in [0.717, 1.165) is 69.7 Å². The average molecular weight is 524 g/mol. The van der Waals surface area contributed by atoms with Crippen molar-refractivity contribution < 1.29 is 18.0 Å². The quantitative estimate of drug-likeness (QED) is 0.308. The predicted molar refractivity (Wildman–Crippen MR) is 144 cm³/mol. The molecule has 4 rings (SSSR count). The van der Waals surface area contributed by atoms with E-state index in [1.165, 1.54) is 30.3 Å². The highest BCUT2D eigenvalue weighted by Crippen LogP contribution is 2.30. The molecule has 0 unspecified atom stereocenters. The molecule has 202 valence electrons. The molecule has 0 atom stereocenters. The zero-order chi connectivity index (χ0) is 26.7. The molecule has 1 N–H and O–H groups in total. The second kappa shape index (κ2) is 14.1. The van der Waals surface area contributed by atoms with Crippen LogP contribution in [-0.2, 0) is 11.3 Å². The minimum atomic E-state index is -0.281. The first-order chi connectivity index (χ1) is 18.5. The molecule has 1 fully saturated rings. The molecule has 7 heteroatoms. The van der Waals surface area contributed by atoms with Crippen LogP contribution >= 0.6 is 0 Å². The number of nitrogens with one attached hydrogen (secondary N) is 1. The van der Waals surface area contributed by atoms with Gasteiger partial charge in [-0.25, -0.2) is 13.2 Å². The maximum absolute atomic E-state index is 13.7. The minimum absolute atomic E-state index is 0.0295. The molecule has 1 aliphatic heterocycles. The summed E-state index contributed by atoms with van der Waals surface area (Å²) in [6.07, 6.45) is 2.93. The topological polar surface area (TPSA) is 35.6 Å². The molecule has 4 nitrogen and oxygen atoms in total. The molecule has 38 heavy (non-hydrogen) atoms. The van der Waals surface area contributed by atoms with Crippen molar-refractivity contribution in [3.05, 3.63) is 107 Å². The Kier molecular flexibility index (Phi) is 10.4. The number of hydrogen-bond donors (Lipinski definition) is 1. The lowest BCUT2D eigenvalue weighted by Gasteiger charge is -2.35. The van der Waals surface area contributed by atoms with Crippen molar-refractivity contribution in [2.75, 3.05) is 39.3 Å². The van der Waals surface area contributed by atoms with E-state index in [2.05, 4.69) is 10.2 Å². The Hall–Kier alpha value is -3.16. The maximum Gasteiger partial charge on any atom is 0.222 e. The third kappa shape index (κ3) is 8.17. The molecule has 1 saturated heterocycles. The van der Waals surface area contributed by atoms with Crippen LogP contribution in [0.1, 0.15) is 48.3 Å². The third-order valence-corrected chi connectivity index (χ3v) is 7.28. The lowest BCUT2D eigenvalue weighted by atomic mass is 9.87. The van der Waals surface area contributed by atoms with Gasteiger partial charge in [0, 0.05) is 63.7 Å². The van der Waals surface area contributed by atoms with Crippen molar-refractivity contribution in [1.29, 1.82) is 0 Å². The van der Waals surface area contributed by atoms with E-state index in [1.807, 2.05) is 11.0 Å². The van der Waals surface area contributed by atoms with Gasteiger partial charge in [-0.2, -0.15) is 0 Å². The number of unbranched alkanes of at least 4 members (excludes halogenated alkanes) is 1. The Bertz CT molecular complexity index is 1100. The van der Waals surface area contributed by atoms with Crippen LogP contribution in [0, 0.1) is 17.5 Å². The molecule has 1 aliphatic rings. The zero-order valence-electron chi connectivity index (χ0n) is 21.7. The van der Waals surface area contributed by atoms with Crippen LogP contribution in [0.25, 0.3) is 0 Å². The van der Waals surface area contributed by atoms with Crippen LogP contribution in [0.2, 0.25) is 0 Å². The Morgan fingerprint density at radius 2 is 1.39 bits per heavy atom. The fourth-order valence-corrected chi connectivity index (χ4v) is 5.02. The lowest BCUT2D eigenvalue weighted by molar-refractivity contribution is -0.133. The van der Waals surface area contributed by atoms with Gasteiger partial charge in [0.05, 0.1) is 0 Å². The highest BCUT2D eigenvalue weighted by atomic mass is 19.1. The number of benzene rings is 3. The Morgan fingerprint density at radius 3 is 2.00 bits per heavy atom. The molecule has 0 spiro atoms. The van der Waals surface area contributed by atoms with E-state index in [1.54, 1.807) is 36.4 Å². The van der Waals surface area contributed by atoms with Gasteiger partial charge in [0.15, 0.2) is 0 Å². The van der Waals surface area contributed by atoms with E-state index in [-0.39, 0.29) is 29.3 Å². The number of carbonyl (C=O) groups excluding carboxylic acids is 1. The van der Waals surface area contributed by atoms with Gasteiger partial charge in [-0.05, 0) is 54.3 Å². The minimum Gasteiger partial charge on any atom is -0.340 e. The van der Waals surface area contributed by atoms with Gasteiger partial charge in [-0.1, -0.05) is 48.9 Å². The number of hydrogen-bond acceptors (Lipinski definition) is 3. The standard InChI is InChI=1S/C31H36F3N3O/c32-27-13-9-24(10-14-27)29(25-11-15-28(33)16-12-25)6-2-4-8-31(38)37-21-19-36(20-22-37)18-17-35-23-26-5-1-3-7-30(26)34/h1,3,5,7,9-16,29,35H,2,4,6,8,17-23H2. The second-order valence-corrected chi connectivity index (χ2v) is 9.89. The van der Waals surface area contributed by atoms with Crippen molar-refractivity contribution in [2.24, 2.45) is 0 Å². The van der Waals surface area contributed by atoms with Crippen molar-refractivity contribution in [1.82, 2.24) is 15.1 Å². The molecule has 1 heterocycles. The fourth-order valence-electron chi connectivity index (χ4n) is 5.02. The first kappa shape index (κ1) is 27.9. The van der Waals surface area contributed by atoms with Gasteiger partial charge in [0.1, 0.15) is 17.5 Å². The zero-order valence-corrected chi connectivity index (χ0v) is 21.7. The van der Waals surface area contributed by atoms with Crippen LogP contribution < -0.4 is 5.32 Å². The second-order valence-electron chi connectivity index (χ2n) is 9.89. The molecule has 0 radical (unpaired) electrons. The highest BCUT2D eigenvalue weighted by molar-refractivity contribution is 5.76. The molecular weight excluding hydrogens is 487 g/mol. The largest absolute Gasteiger partial charge is 0.340 e. The van der Waals surface area contributed by atoms with Gasteiger partial charge >= 0.3 is 0 Å². The van der Waals surface area contributed by atoms with E-state index in [4.69, 9.17) is 0 Å². The summed E-state index contributed by atoms with van der Waals surface area (Å²) in [5.41, 5.74) is 2.65. The van der Waals surface area contributed by atoms with Gasteiger partial charge in [0.25, 0.3) is 0 Å². The number of carbonyl (C=O) groups is 1. The van der Waals surface area contributed by atoms with Crippen molar-refractivity contribution in [2.45, 2.75) is 38.1 Å². The van der Waals surface area contributed by atoms with Crippen LogP contribution in [-0.4, -0.2) is 55.0 Å². The summed E-state index contributed by atoms with van der Waals surface area (Å²) in [5.74, 6) is -0.537. The number of rotatable bonds is 12. The predicted octanol–water partition coefficient (Wildman–Crippen LogP) is 5.73. The summed E-state index contributed by atoms with van der Waals surface area (Å²) < 4.78 is 40.6. The summed E-state index contributed by atoms with van der Waals surface area (Å²) in [5, 5.41) is 3.30. The monoisotopic (exact) mass is 523 g/mol. The summed E-state index contributed by atoms with van der Waals surface area (Å²) in [6.45, 7) is 5.26. The van der Waals surface area contributed by atoms with Crippen LogP contribution in [0.4, 0.5) is 13.2 Å². The molecule has 0 aliphatic carbocycles. The smallest absolute Gasteiger partial charge is 0.222 e. The van der Waals surface area contributed by atoms with Crippen LogP contribution in [0.3, 0.4) is 0 Å². The van der Waals surface area contributed by atoms with Crippen molar-refractivity contribution >= 4 is 5.91 Å². The number of halogens is 3. The van der Waals surface area contributed by atoms with Crippen molar-refractivity contribution in [3.63, 3.8) is 0 Å². The van der Waals surface area contributed by atoms with Gasteiger partial charge < -0.3 is 10.2 Å². The first-order valence-corrected chi connectivity index (χ1v) is 13.4. The third-order valence-electron chi connectivity index (χ3n) is 7.28. The average Bonchev–Trinajstić information content (AvgIpc) is 2.93. The molecular formula is C31H36F3N3O. The maximum atomic E-state index is 13.7. The molecule has 0 bridgehead atoms. The van der Waals surface area contributed by atoms with E-state index >= 15 is 0 Å². The van der Waals surface area contributed by atoms with Crippen LogP contribution in [0.15, 0.2) is 72.8 Å². The van der Waals surface area contributed by atoms with E-state index in [9.17, 15) is 18.0 Å². The molecule has 3 aromatic carbocycles. The Morgan fingerprint density at radius 1 is 0.789 bits per heavy atom. The van der Waals surface area contributed by atoms with Gasteiger partial charge in [-0.3, -0.25) is 9.69 Å². The highest BCUT2D eigenvalue weighted by Gasteiger charge is 2.21. The number of amides is 1. The van der Waals surface area contributed by atoms with Gasteiger partial charge in [0.2, 0.25) is 5.91 Å². The number of nitrogens with zero attached hydrogens (tertiary/aromatic N) is 2. The molecule has 1 amide bonds. The molecule has 3 aromatic rings. The molecule has 0 saturated carbocycles. The SMILES string of the molecule is O=C(CCCCC(c1ccc(F)cc1)c1ccc(F)cc1)N1CCN(CCNCc2ccccc2F)CC1. The summed E-state index contributed by atoms with van der Waals surface area (Å²) in [6, 6.07) is 19.7. The van der Waals surface area contributed by atoms with Gasteiger partial charge in [-0.15, -0.1) is 0 Å². The first-order valence-electron chi connectivity index (χ1n) is 13.4. The van der Waals surface area contributed by atoms with E-state index < -0.39 is 0 Å². The summed E-state index contributed by atoms with van der Waals surface area (Å²) in [4.78, 5) is 17.1. The van der Waals surface area contributed by atoms with Crippen LogP contribution in [0.5, 0.6) is 0 Å². The molecule has 0 aromatic heterocycles.